The number of benzene rings is 1. The van der Waals surface area contributed by atoms with Crippen LogP contribution in [0.15, 0.2) is 17.3 Å². The summed E-state index contributed by atoms with van der Waals surface area (Å²) in [6.45, 7) is 5.57. The van der Waals surface area contributed by atoms with E-state index >= 15 is 0 Å². The molecule has 0 aliphatic rings. The Bertz CT molecular complexity index is 1280. The zero-order valence-corrected chi connectivity index (χ0v) is 22.1. The van der Waals surface area contributed by atoms with Crippen molar-refractivity contribution in [2.24, 2.45) is 12.8 Å². The molecule has 10 nitrogen and oxygen atoms in total. The second kappa shape index (κ2) is 11.1. The van der Waals surface area contributed by atoms with Crippen molar-refractivity contribution in [3.05, 3.63) is 50.1 Å². The van der Waals surface area contributed by atoms with Gasteiger partial charge in [-0.1, -0.05) is 23.4 Å². The van der Waals surface area contributed by atoms with Crippen molar-refractivity contribution in [2.75, 3.05) is 18.2 Å². The van der Waals surface area contributed by atoms with Gasteiger partial charge >= 0.3 is 5.97 Å². The minimum Gasteiger partial charge on any atom is -0.486 e. The van der Waals surface area contributed by atoms with Crippen LogP contribution in [0.3, 0.4) is 0 Å². The number of anilines is 1. The molecule has 3 N–H and O–H groups in total. The van der Waals surface area contributed by atoms with Crippen LogP contribution in [0, 0.1) is 20.8 Å². The Morgan fingerprint density at radius 3 is 2.46 bits per heavy atom. The van der Waals surface area contributed by atoms with Gasteiger partial charge in [0.1, 0.15) is 17.4 Å². The van der Waals surface area contributed by atoms with Crippen LogP contribution in [0.25, 0.3) is 0 Å². The largest absolute Gasteiger partial charge is 0.486 e. The van der Waals surface area contributed by atoms with E-state index in [2.05, 4.69) is 15.5 Å². The number of amides is 2. The first-order valence-corrected chi connectivity index (χ1v) is 12.4. The third kappa shape index (κ3) is 5.95. The molecule has 2 aromatic heterocycles. The van der Waals surface area contributed by atoms with Gasteiger partial charge in [0.25, 0.3) is 5.91 Å². The number of hydrogen-bond donors (Lipinski definition) is 2. The highest BCUT2D eigenvalue weighted by Crippen LogP contribution is 2.33. The van der Waals surface area contributed by atoms with E-state index in [-0.39, 0.29) is 27.8 Å². The third-order valence-corrected chi connectivity index (χ3v) is 7.89. The van der Waals surface area contributed by atoms with Crippen LogP contribution in [-0.4, -0.2) is 45.4 Å². The van der Waals surface area contributed by atoms with Crippen LogP contribution in [0.1, 0.15) is 42.5 Å². The molecular formula is C22H24ClN5O5S2. The van der Waals surface area contributed by atoms with Gasteiger partial charge in [0.2, 0.25) is 5.91 Å². The van der Waals surface area contributed by atoms with Crippen LogP contribution in [-0.2, 0) is 23.2 Å². The highest BCUT2D eigenvalue weighted by Gasteiger charge is 2.25. The maximum atomic E-state index is 12.6. The molecule has 2 amide bonds. The summed E-state index contributed by atoms with van der Waals surface area (Å²) in [5.74, 6) is -0.518. The number of rotatable bonds is 9. The predicted octanol–water partition coefficient (Wildman–Crippen LogP) is 3.65. The summed E-state index contributed by atoms with van der Waals surface area (Å²) < 4.78 is 12.3. The highest BCUT2D eigenvalue weighted by molar-refractivity contribution is 7.99. The van der Waals surface area contributed by atoms with Crippen molar-refractivity contribution in [3.8, 4) is 5.75 Å². The minimum atomic E-state index is -0.690. The number of aromatic nitrogens is 3. The van der Waals surface area contributed by atoms with Gasteiger partial charge in [-0.15, -0.1) is 21.5 Å². The molecule has 1 aromatic carbocycles. The summed E-state index contributed by atoms with van der Waals surface area (Å²) in [4.78, 5) is 36.6. The molecule has 0 saturated carbocycles. The smallest absolute Gasteiger partial charge is 0.341 e. The fourth-order valence-electron chi connectivity index (χ4n) is 3.21. The number of nitrogens with two attached hydrogens (primary N) is 1. The number of methoxy groups -OCH3 is 1. The lowest BCUT2D eigenvalue weighted by Gasteiger charge is -2.10. The molecule has 35 heavy (non-hydrogen) atoms. The minimum absolute atomic E-state index is 0.00807. The number of carbonyl (C=O) groups excluding carboxylic acids is 3. The van der Waals surface area contributed by atoms with E-state index in [9.17, 15) is 14.4 Å². The molecule has 0 saturated heterocycles. The molecular weight excluding hydrogens is 514 g/mol. The topological polar surface area (TPSA) is 138 Å². The first-order chi connectivity index (χ1) is 16.5. The van der Waals surface area contributed by atoms with E-state index in [4.69, 9.17) is 26.8 Å². The monoisotopic (exact) mass is 537 g/mol. The molecule has 0 fully saturated rings. The highest BCUT2D eigenvalue weighted by atomic mass is 35.5. The fourth-order valence-corrected chi connectivity index (χ4v) is 5.11. The Labute approximate surface area is 215 Å². The van der Waals surface area contributed by atoms with E-state index < -0.39 is 17.8 Å². The zero-order valence-electron chi connectivity index (χ0n) is 19.7. The molecule has 0 spiro atoms. The van der Waals surface area contributed by atoms with Crippen LogP contribution in [0.2, 0.25) is 5.02 Å². The van der Waals surface area contributed by atoms with Gasteiger partial charge in [0, 0.05) is 12.1 Å². The summed E-state index contributed by atoms with van der Waals surface area (Å²) >= 11 is 8.29. The number of carbonyl (C=O) groups is 3. The van der Waals surface area contributed by atoms with E-state index in [0.29, 0.717) is 27.3 Å². The van der Waals surface area contributed by atoms with E-state index in [1.807, 2.05) is 26.0 Å². The van der Waals surface area contributed by atoms with Gasteiger partial charge in [-0.25, -0.2) is 4.79 Å². The van der Waals surface area contributed by atoms with Crippen LogP contribution >= 0.6 is 34.7 Å². The molecule has 0 radical (unpaired) electrons. The molecule has 0 bridgehead atoms. The lowest BCUT2D eigenvalue weighted by atomic mass is 10.1. The molecule has 0 aliphatic carbocycles. The first kappa shape index (κ1) is 26.5. The Hall–Kier alpha value is -3.09. The molecule has 2 heterocycles. The maximum Gasteiger partial charge on any atom is 0.341 e. The first-order valence-electron chi connectivity index (χ1n) is 10.2. The van der Waals surface area contributed by atoms with Gasteiger partial charge in [-0.3, -0.25) is 9.59 Å². The van der Waals surface area contributed by atoms with E-state index in [1.165, 1.54) is 7.11 Å². The lowest BCUT2D eigenvalue weighted by Crippen LogP contribution is -2.16. The molecule has 3 rings (SSSR count). The number of aryl methyl sites for hydroxylation is 2. The molecule has 186 valence electrons. The average Bonchev–Trinajstić information content (AvgIpc) is 3.32. The fraction of sp³-hybridized carbons (Fsp3) is 0.318. The van der Waals surface area contributed by atoms with Crippen molar-refractivity contribution < 1.29 is 23.9 Å². The summed E-state index contributed by atoms with van der Waals surface area (Å²) in [6, 6.07) is 3.70. The third-order valence-electron chi connectivity index (χ3n) is 5.05. The number of halogens is 1. The second-order valence-electron chi connectivity index (χ2n) is 7.57. The summed E-state index contributed by atoms with van der Waals surface area (Å²) in [6.07, 6.45) is 0. The van der Waals surface area contributed by atoms with Crippen LogP contribution in [0.5, 0.6) is 5.75 Å². The molecule has 3 aromatic rings. The lowest BCUT2D eigenvalue weighted by molar-refractivity contribution is -0.113. The van der Waals surface area contributed by atoms with Crippen molar-refractivity contribution in [3.63, 3.8) is 0 Å². The van der Waals surface area contributed by atoms with Gasteiger partial charge in [-0.05, 0) is 49.6 Å². The van der Waals surface area contributed by atoms with Crippen molar-refractivity contribution in [2.45, 2.75) is 32.5 Å². The number of esters is 1. The molecule has 0 atom stereocenters. The summed E-state index contributed by atoms with van der Waals surface area (Å²) in [7, 11) is 2.99. The van der Waals surface area contributed by atoms with Gasteiger partial charge in [0.15, 0.2) is 11.0 Å². The second-order valence-corrected chi connectivity index (χ2v) is 9.91. The Balaban J connectivity index is 1.64. The van der Waals surface area contributed by atoms with Crippen molar-refractivity contribution in [1.29, 1.82) is 0 Å². The van der Waals surface area contributed by atoms with E-state index in [0.717, 1.165) is 34.2 Å². The molecule has 0 unspecified atom stereocenters. The Morgan fingerprint density at radius 2 is 1.86 bits per heavy atom. The number of thioether (sulfide) groups is 1. The Morgan fingerprint density at radius 1 is 1.20 bits per heavy atom. The summed E-state index contributed by atoms with van der Waals surface area (Å²) in [5, 5.41) is 12.3. The van der Waals surface area contributed by atoms with Crippen molar-refractivity contribution >= 4 is 57.5 Å². The number of nitrogens with zero attached hydrogens (tertiary/aromatic N) is 3. The number of hydrogen-bond acceptors (Lipinski definition) is 9. The standard InChI is InChI=1S/C22H24ClN5O5S2/c1-10-6-13(7-11(2)17(10)23)33-8-14-26-27-22(28(14)4)34-9-15(29)25-20-16(21(31)32-5)12(3)18(35-20)19(24)30/h6-7H,8-9H2,1-5H3,(H2,24,30)(H,25,29). The summed E-state index contributed by atoms with van der Waals surface area (Å²) in [5.41, 5.74) is 7.68. The molecule has 13 heteroatoms. The number of ether oxygens (including phenoxy) is 2. The zero-order chi connectivity index (χ0) is 25.9. The normalized spacial score (nSPS) is 10.8. The average molecular weight is 538 g/mol. The maximum absolute atomic E-state index is 12.6. The Kier molecular flexibility index (Phi) is 8.41. The van der Waals surface area contributed by atoms with E-state index in [1.54, 1.807) is 18.5 Å². The quantitative estimate of drug-likeness (QED) is 0.311. The van der Waals surface area contributed by atoms with Crippen LogP contribution in [0.4, 0.5) is 5.00 Å². The number of thiophene rings is 1. The SMILES string of the molecule is COC(=O)c1c(NC(=O)CSc2nnc(COc3cc(C)c(Cl)c(C)c3)n2C)sc(C(N)=O)c1C. The van der Waals surface area contributed by atoms with Gasteiger partial charge < -0.3 is 25.1 Å². The molecule has 0 aliphatic heterocycles. The van der Waals surface area contributed by atoms with Gasteiger partial charge in [0.05, 0.1) is 23.3 Å². The van der Waals surface area contributed by atoms with Crippen LogP contribution < -0.4 is 15.8 Å². The van der Waals surface area contributed by atoms with Crippen molar-refractivity contribution in [1.82, 2.24) is 14.8 Å². The predicted molar refractivity (Wildman–Crippen MR) is 135 cm³/mol. The number of nitrogens with one attached hydrogen (secondary N) is 1. The number of primary amides is 1. The van der Waals surface area contributed by atoms with Gasteiger partial charge in [-0.2, -0.15) is 0 Å².